The second kappa shape index (κ2) is 7.92. The van der Waals surface area contributed by atoms with Gasteiger partial charge in [-0.1, -0.05) is 16.8 Å². The highest BCUT2D eigenvalue weighted by Gasteiger charge is 2.21. The highest BCUT2D eigenvalue weighted by Crippen LogP contribution is 2.20. The molecule has 0 spiro atoms. The molecule has 6 nitrogen and oxygen atoms in total. The molecule has 130 valence electrons. The Morgan fingerprint density at radius 1 is 1.50 bits per heavy atom. The van der Waals surface area contributed by atoms with Gasteiger partial charge in [-0.25, -0.2) is 9.07 Å². The molecule has 1 fully saturated rings. The molecule has 24 heavy (non-hydrogen) atoms. The molecule has 1 amide bonds. The van der Waals surface area contributed by atoms with Crippen LogP contribution >= 0.6 is 24.0 Å². The number of nitrogens with one attached hydrogen (secondary N) is 2. The van der Waals surface area contributed by atoms with Crippen LogP contribution in [0, 0.1) is 12.7 Å². The third-order valence-electron chi connectivity index (χ3n) is 3.89. The molecule has 9 heteroatoms. The van der Waals surface area contributed by atoms with Gasteiger partial charge in [0.1, 0.15) is 5.82 Å². The minimum Gasteiger partial charge on any atom is -0.347 e. The first-order valence-electron chi connectivity index (χ1n) is 7.45. The predicted octanol–water partition coefficient (Wildman–Crippen LogP) is 2.27. The van der Waals surface area contributed by atoms with E-state index in [1.165, 1.54) is 22.9 Å². The van der Waals surface area contributed by atoms with Gasteiger partial charge in [-0.05, 0) is 44.5 Å². The van der Waals surface area contributed by atoms with E-state index in [0.29, 0.717) is 11.4 Å². The molecule has 1 aromatic carbocycles. The van der Waals surface area contributed by atoms with Gasteiger partial charge in [0.25, 0.3) is 5.91 Å². The highest BCUT2D eigenvalue weighted by atomic mass is 35.5. The summed E-state index contributed by atoms with van der Waals surface area (Å²) in [7, 11) is 0. The summed E-state index contributed by atoms with van der Waals surface area (Å²) in [4.78, 5) is 12.4. The van der Waals surface area contributed by atoms with Crippen molar-refractivity contribution in [1.82, 2.24) is 25.6 Å². The maximum absolute atomic E-state index is 13.3. The summed E-state index contributed by atoms with van der Waals surface area (Å²) in [6.45, 7) is 3.48. The highest BCUT2D eigenvalue weighted by molar-refractivity contribution is 6.30. The van der Waals surface area contributed by atoms with Gasteiger partial charge in [-0.15, -0.1) is 17.5 Å². The van der Waals surface area contributed by atoms with E-state index in [2.05, 4.69) is 20.9 Å². The van der Waals surface area contributed by atoms with Crippen LogP contribution in [-0.4, -0.2) is 40.0 Å². The number of hydrogen-bond acceptors (Lipinski definition) is 4. The van der Waals surface area contributed by atoms with Crippen molar-refractivity contribution in [1.29, 1.82) is 0 Å². The van der Waals surface area contributed by atoms with Crippen molar-refractivity contribution in [2.45, 2.75) is 25.8 Å². The lowest BCUT2D eigenvalue weighted by Gasteiger charge is -2.23. The summed E-state index contributed by atoms with van der Waals surface area (Å²) in [5.74, 6) is -0.758. The lowest BCUT2D eigenvalue weighted by molar-refractivity contribution is 0.0925. The summed E-state index contributed by atoms with van der Waals surface area (Å²) in [6, 6.07) is 4.34. The van der Waals surface area contributed by atoms with Gasteiger partial charge in [0.2, 0.25) is 0 Å². The van der Waals surface area contributed by atoms with Gasteiger partial charge < -0.3 is 10.6 Å². The number of amides is 1. The van der Waals surface area contributed by atoms with Gasteiger partial charge >= 0.3 is 0 Å². The molecular formula is C15H18Cl2FN5O. The minimum atomic E-state index is -0.504. The third-order valence-corrected chi connectivity index (χ3v) is 4.18. The zero-order valence-electron chi connectivity index (χ0n) is 13.1. The summed E-state index contributed by atoms with van der Waals surface area (Å²) < 4.78 is 14.7. The Balaban J connectivity index is 0.00000208. The maximum atomic E-state index is 13.3. The van der Waals surface area contributed by atoms with E-state index in [9.17, 15) is 9.18 Å². The molecule has 0 aliphatic carbocycles. The van der Waals surface area contributed by atoms with Crippen molar-refractivity contribution < 1.29 is 9.18 Å². The van der Waals surface area contributed by atoms with E-state index in [0.717, 1.165) is 25.9 Å². The number of nitrogens with zero attached hydrogens (tertiary/aromatic N) is 3. The third kappa shape index (κ3) is 3.85. The average molecular weight is 374 g/mol. The summed E-state index contributed by atoms with van der Waals surface area (Å²) in [5, 5.41) is 14.1. The van der Waals surface area contributed by atoms with E-state index < -0.39 is 5.82 Å². The van der Waals surface area contributed by atoms with Crippen molar-refractivity contribution in [3.05, 3.63) is 40.4 Å². The van der Waals surface area contributed by atoms with Gasteiger partial charge in [-0.2, -0.15) is 0 Å². The Kier molecular flexibility index (Phi) is 6.15. The van der Waals surface area contributed by atoms with Gasteiger partial charge in [0.05, 0.1) is 16.4 Å². The molecule has 1 saturated heterocycles. The number of carbonyl (C=O) groups is 1. The van der Waals surface area contributed by atoms with E-state index >= 15 is 0 Å². The molecule has 0 bridgehead atoms. The second-order valence-corrected chi connectivity index (χ2v) is 5.96. The largest absolute Gasteiger partial charge is 0.347 e. The lowest BCUT2D eigenvalue weighted by atomic mass is 10.1. The molecule has 0 saturated carbocycles. The number of hydrogen-bond donors (Lipinski definition) is 2. The Morgan fingerprint density at radius 2 is 2.29 bits per heavy atom. The van der Waals surface area contributed by atoms with Crippen molar-refractivity contribution in [3.63, 3.8) is 0 Å². The van der Waals surface area contributed by atoms with Crippen LogP contribution < -0.4 is 10.6 Å². The fourth-order valence-corrected chi connectivity index (χ4v) is 2.80. The maximum Gasteiger partial charge on any atom is 0.274 e. The van der Waals surface area contributed by atoms with Crippen LogP contribution in [0.25, 0.3) is 5.69 Å². The first-order chi connectivity index (χ1) is 11.1. The van der Waals surface area contributed by atoms with E-state index in [-0.39, 0.29) is 35.1 Å². The van der Waals surface area contributed by atoms with Crippen LogP contribution in [0.2, 0.25) is 5.02 Å². The molecule has 1 aromatic heterocycles. The smallest absolute Gasteiger partial charge is 0.274 e. The minimum absolute atomic E-state index is 0. The summed E-state index contributed by atoms with van der Waals surface area (Å²) in [6.07, 6.45) is 1.98. The Morgan fingerprint density at radius 3 is 2.96 bits per heavy atom. The SMILES string of the molecule is Cc1c(C(=O)N[C@H]2CCCNC2)nnn1-c1ccc(F)c(Cl)c1.Cl. The molecule has 3 rings (SSSR count). The van der Waals surface area contributed by atoms with E-state index in [1.807, 2.05) is 0 Å². The van der Waals surface area contributed by atoms with Gasteiger partial charge in [0.15, 0.2) is 5.69 Å². The average Bonchev–Trinajstić information content (AvgIpc) is 2.93. The topological polar surface area (TPSA) is 71.8 Å². The number of rotatable bonds is 3. The summed E-state index contributed by atoms with van der Waals surface area (Å²) >= 11 is 5.79. The molecule has 0 unspecified atom stereocenters. The molecular weight excluding hydrogens is 356 g/mol. The number of aromatic nitrogens is 3. The van der Waals surface area contributed by atoms with E-state index in [1.54, 1.807) is 6.92 Å². The van der Waals surface area contributed by atoms with Crippen molar-refractivity contribution in [2.75, 3.05) is 13.1 Å². The van der Waals surface area contributed by atoms with Crippen LogP contribution in [0.5, 0.6) is 0 Å². The molecule has 1 aliphatic rings. The zero-order valence-corrected chi connectivity index (χ0v) is 14.6. The monoisotopic (exact) mass is 373 g/mol. The second-order valence-electron chi connectivity index (χ2n) is 5.55. The molecule has 2 aromatic rings. The lowest BCUT2D eigenvalue weighted by Crippen LogP contribution is -2.45. The van der Waals surface area contributed by atoms with E-state index in [4.69, 9.17) is 11.6 Å². The van der Waals surface area contributed by atoms with Gasteiger partial charge in [-0.3, -0.25) is 4.79 Å². The number of halogens is 3. The number of piperidine rings is 1. The first-order valence-corrected chi connectivity index (χ1v) is 7.83. The Labute approximate surface area is 150 Å². The van der Waals surface area contributed by atoms with Crippen LogP contribution in [0.3, 0.4) is 0 Å². The Hall–Kier alpha value is -1.70. The molecule has 1 aliphatic heterocycles. The normalized spacial score (nSPS) is 17.2. The fourth-order valence-electron chi connectivity index (χ4n) is 2.63. The van der Waals surface area contributed by atoms with Crippen molar-refractivity contribution in [2.24, 2.45) is 0 Å². The van der Waals surface area contributed by atoms with Crippen LogP contribution in [0.15, 0.2) is 18.2 Å². The first kappa shape index (κ1) is 18.6. The van der Waals surface area contributed by atoms with Crippen LogP contribution in [0.4, 0.5) is 4.39 Å². The molecule has 2 N–H and O–H groups in total. The predicted molar refractivity (Wildman–Crippen MR) is 91.7 cm³/mol. The van der Waals surface area contributed by atoms with Crippen molar-refractivity contribution in [3.8, 4) is 5.69 Å². The van der Waals surface area contributed by atoms with Crippen LogP contribution in [0.1, 0.15) is 29.0 Å². The fraction of sp³-hybridized carbons (Fsp3) is 0.400. The standard InChI is InChI=1S/C15H17ClFN5O.ClH/c1-9-14(15(23)19-10-3-2-6-18-8-10)20-21-22(9)11-4-5-13(17)12(16)7-11;/h4-5,7,10,18H,2-3,6,8H2,1H3,(H,19,23);1H/t10-;/m0./s1. The molecule has 1 atom stereocenters. The number of benzene rings is 1. The van der Waals surface area contributed by atoms with Crippen molar-refractivity contribution >= 4 is 29.9 Å². The number of carbonyl (C=O) groups excluding carboxylic acids is 1. The quantitative estimate of drug-likeness (QED) is 0.865. The summed E-state index contributed by atoms with van der Waals surface area (Å²) in [5.41, 5.74) is 1.39. The van der Waals surface area contributed by atoms with Crippen LogP contribution in [-0.2, 0) is 0 Å². The zero-order chi connectivity index (χ0) is 16.4. The molecule has 2 heterocycles. The Bertz CT molecular complexity index is 731. The van der Waals surface area contributed by atoms with Gasteiger partial charge in [0, 0.05) is 12.6 Å². The molecule has 0 radical (unpaired) electrons.